The van der Waals surface area contributed by atoms with E-state index in [4.69, 9.17) is 18.9 Å². The fraction of sp³-hybridized carbons (Fsp3) is 1.00. The first-order valence-corrected chi connectivity index (χ1v) is 5.15. The Morgan fingerprint density at radius 3 is 2.13 bits per heavy atom. The predicted molar refractivity (Wildman–Crippen MR) is 58.2 cm³/mol. The molecule has 0 heterocycles. The van der Waals surface area contributed by atoms with Crippen molar-refractivity contribution in [1.82, 2.24) is 5.32 Å². The Hall–Kier alpha value is -0.200. The Kier molecular flexibility index (Phi) is 11.7. The van der Waals surface area contributed by atoms with Gasteiger partial charge in [-0.15, -0.1) is 0 Å². The molecule has 0 radical (unpaired) electrons. The van der Waals surface area contributed by atoms with Crippen LogP contribution in [0.4, 0.5) is 0 Å². The van der Waals surface area contributed by atoms with Crippen LogP contribution in [0.5, 0.6) is 0 Å². The van der Waals surface area contributed by atoms with Crippen LogP contribution in [-0.4, -0.2) is 67.0 Å². The summed E-state index contributed by atoms with van der Waals surface area (Å²) >= 11 is 0. The van der Waals surface area contributed by atoms with Crippen molar-refractivity contribution in [2.45, 2.75) is 6.04 Å². The minimum Gasteiger partial charge on any atom is -0.383 e. The van der Waals surface area contributed by atoms with Gasteiger partial charge in [-0.1, -0.05) is 0 Å². The third-order valence-corrected chi connectivity index (χ3v) is 1.90. The quantitative estimate of drug-likeness (QED) is 0.494. The Bertz CT molecular complexity index is 124. The normalized spacial score (nSPS) is 13.0. The van der Waals surface area contributed by atoms with Crippen LogP contribution in [0.25, 0.3) is 0 Å². The zero-order chi connectivity index (χ0) is 11.4. The lowest BCUT2D eigenvalue weighted by atomic mass is 10.3. The summed E-state index contributed by atoms with van der Waals surface area (Å²) < 4.78 is 20.5. The molecule has 0 aromatic rings. The van der Waals surface area contributed by atoms with Crippen molar-refractivity contribution in [3.8, 4) is 0 Å². The van der Waals surface area contributed by atoms with Gasteiger partial charge in [0.15, 0.2) is 0 Å². The second-order valence-corrected chi connectivity index (χ2v) is 3.12. The first-order chi connectivity index (χ1) is 7.35. The van der Waals surface area contributed by atoms with Crippen molar-refractivity contribution < 1.29 is 18.9 Å². The molecular weight excluding hydrogens is 198 g/mol. The van der Waals surface area contributed by atoms with Crippen LogP contribution in [0.3, 0.4) is 0 Å². The average Bonchev–Trinajstić information content (AvgIpc) is 2.26. The zero-order valence-corrected chi connectivity index (χ0v) is 9.95. The lowest BCUT2D eigenvalue weighted by Crippen LogP contribution is -2.35. The lowest BCUT2D eigenvalue weighted by molar-refractivity contribution is 0.0132. The van der Waals surface area contributed by atoms with Crippen LogP contribution in [-0.2, 0) is 18.9 Å². The minimum atomic E-state index is 0.244. The van der Waals surface area contributed by atoms with E-state index in [0.717, 1.165) is 0 Å². The van der Waals surface area contributed by atoms with E-state index in [9.17, 15) is 0 Å². The number of likely N-dealkylation sites (N-methyl/N-ethyl adjacent to an activating group) is 1. The topological polar surface area (TPSA) is 49.0 Å². The fourth-order valence-electron chi connectivity index (χ4n) is 1.00. The smallest absolute Gasteiger partial charge is 0.0701 e. The van der Waals surface area contributed by atoms with Gasteiger partial charge in [0.05, 0.1) is 45.7 Å². The van der Waals surface area contributed by atoms with Crippen molar-refractivity contribution in [2.24, 2.45) is 0 Å². The van der Waals surface area contributed by atoms with Gasteiger partial charge in [0.25, 0.3) is 0 Å². The highest BCUT2D eigenvalue weighted by molar-refractivity contribution is 4.61. The maximum Gasteiger partial charge on any atom is 0.0701 e. The molecule has 0 bridgehead atoms. The number of hydrogen-bond donors (Lipinski definition) is 1. The molecule has 0 spiro atoms. The number of nitrogens with one attached hydrogen (secondary N) is 1. The van der Waals surface area contributed by atoms with Gasteiger partial charge in [0, 0.05) is 14.2 Å². The van der Waals surface area contributed by atoms with E-state index in [0.29, 0.717) is 39.6 Å². The highest BCUT2D eigenvalue weighted by Crippen LogP contribution is 1.87. The standard InChI is InChI=1S/C10H23NO4/c1-11-10(8-13-3)9-15-7-6-14-5-4-12-2/h10-11H,4-9H2,1-3H3. The van der Waals surface area contributed by atoms with Gasteiger partial charge >= 0.3 is 0 Å². The molecule has 92 valence electrons. The van der Waals surface area contributed by atoms with E-state index in [1.165, 1.54) is 0 Å². The summed E-state index contributed by atoms with van der Waals surface area (Å²) in [4.78, 5) is 0. The van der Waals surface area contributed by atoms with Crippen LogP contribution in [0, 0.1) is 0 Å². The fourth-order valence-corrected chi connectivity index (χ4v) is 1.00. The van der Waals surface area contributed by atoms with Crippen molar-refractivity contribution in [2.75, 3.05) is 60.9 Å². The predicted octanol–water partition coefficient (Wildman–Crippen LogP) is -0.0996. The summed E-state index contributed by atoms with van der Waals surface area (Å²) in [6, 6.07) is 0.244. The molecule has 0 rings (SSSR count). The van der Waals surface area contributed by atoms with Gasteiger partial charge in [-0.3, -0.25) is 0 Å². The van der Waals surface area contributed by atoms with Crippen LogP contribution < -0.4 is 5.32 Å². The Morgan fingerprint density at radius 1 is 0.867 bits per heavy atom. The minimum absolute atomic E-state index is 0.244. The van der Waals surface area contributed by atoms with Gasteiger partial charge in [0.2, 0.25) is 0 Å². The molecule has 0 saturated heterocycles. The molecular formula is C10H23NO4. The number of methoxy groups -OCH3 is 2. The molecule has 15 heavy (non-hydrogen) atoms. The molecule has 5 heteroatoms. The van der Waals surface area contributed by atoms with Gasteiger partial charge in [-0.2, -0.15) is 0 Å². The second-order valence-electron chi connectivity index (χ2n) is 3.12. The molecule has 0 aliphatic carbocycles. The van der Waals surface area contributed by atoms with Crippen molar-refractivity contribution >= 4 is 0 Å². The molecule has 1 N–H and O–H groups in total. The maximum atomic E-state index is 5.41. The van der Waals surface area contributed by atoms with E-state index in [1.807, 2.05) is 7.05 Å². The molecule has 0 aliphatic heterocycles. The summed E-state index contributed by atoms with van der Waals surface area (Å²) in [5, 5.41) is 3.10. The van der Waals surface area contributed by atoms with Crippen molar-refractivity contribution in [3.63, 3.8) is 0 Å². The summed E-state index contributed by atoms with van der Waals surface area (Å²) in [6.45, 7) is 3.74. The molecule has 0 saturated carbocycles. The highest BCUT2D eigenvalue weighted by atomic mass is 16.5. The van der Waals surface area contributed by atoms with Crippen LogP contribution >= 0.6 is 0 Å². The van der Waals surface area contributed by atoms with Crippen molar-refractivity contribution in [1.29, 1.82) is 0 Å². The molecule has 0 aliphatic rings. The summed E-state index contributed by atoms with van der Waals surface area (Å²) in [7, 11) is 5.22. The molecule has 5 nitrogen and oxygen atoms in total. The molecule has 1 unspecified atom stereocenters. The van der Waals surface area contributed by atoms with E-state index in [1.54, 1.807) is 14.2 Å². The van der Waals surface area contributed by atoms with E-state index in [2.05, 4.69) is 5.32 Å². The van der Waals surface area contributed by atoms with Gasteiger partial charge < -0.3 is 24.3 Å². The third kappa shape index (κ3) is 10.1. The molecule has 1 atom stereocenters. The lowest BCUT2D eigenvalue weighted by Gasteiger charge is -2.15. The first kappa shape index (κ1) is 14.8. The summed E-state index contributed by atoms with van der Waals surface area (Å²) in [5.41, 5.74) is 0. The Morgan fingerprint density at radius 2 is 1.53 bits per heavy atom. The van der Waals surface area contributed by atoms with E-state index >= 15 is 0 Å². The monoisotopic (exact) mass is 221 g/mol. The maximum absolute atomic E-state index is 5.41. The first-order valence-electron chi connectivity index (χ1n) is 5.15. The molecule has 0 aromatic heterocycles. The summed E-state index contributed by atoms with van der Waals surface area (Å²) in [6.07, 6.45) is 0. The Balaban J connectivity index is 3.14. The largest absolute Gasteiger partial charge is 0.383 e. The van der Waals surface area contributed by atoms with E-state index in [-0.39, 0.29) is 6.04 Å². The van der Waals surface area contributed by atoms with Gasteiger partial charge in [0.1, 0.15) is 0 Å². The average molecular weight is 221 g/mol. The SMILES string of the molecule is CNC(COC)COCCOCCOC. The Labute approximate surface area is 92.0 Å². The number of hydrogen-bond acceptors (Lipinski definition) is 5. The number of rotatable bonds is 11. The third-order valence-electron chi connectivity index (χ3n) is 1.90. The summed E-state index contributed by atoms with van der Waals surface area (Å²) in [5.74, 6) is 0. The molecule has 0 amide bonds. The second kappa shape index (κ2) is 11.9. The van der Waals surface area contributed by atoms with Gasteiger partial charge in [-0.25, -0.2) is 0 Å². The van der Waals surface area contributed by atoms with Crippen LogP contribution in [0.1, 0.15) is 0 Å². The molecule has 0 aromatic carbocycles. The number of ether oxygens (including phenoxy) is 4. The van der Waals surface area contributed by atoms with E-state index < -0.39 is 0 Å². The molecule has 0 fully saturated rings. The van der Waals surface area contributed by atoms with Crippen LogP contribution in [0.2, 0.25) is 0 Å². The zero-order valence-electron chi connectivity index (χ0n) is 9.95. The van der Waals surface area contributed by atoms with Crippen LogP contribution in [0.15, 0.2) is 0 Å². The highest BCUT2D eigenvalue weighted by Gasteiger charge is 2.04. The van der Waals surface area contributed by atoms with Crippen molar-refractivity contribution in [3.05, 3.63) is 0 Å². The van der Waals surface area contributed by atoms with Gasteiger partial charge in [-0.05, 0) is 7.05 Å².